The molecule has 0 heterocycles. The number of nitrogens with one attached hydrogen (secondary N) is 1. The highest BCUT2D eigenvalue weighted by atomic mass is 32.2. The lowest BCUT2D eigenvalue weighted by Crippen LogP contribution is -2.38. The van der Waals surface area contributed by atoms with E-state index in [1.165, 1.54) is 24.3 Å². The molecule has 1 rings (SSSR count). The molecule has 1 aromatic carbocycles. The van der Waals surface area contributed by atoms with Crippen molar-refractivity contribution in [3.63, 3.8) is 0 Å². The van der Waals surface area contributed by atoms with Gasteiger partial charge in [-0.3, -0.25) is 10.1 Å². The van der Waals surface area contributed by atoms with Crippen molar-refractivity contribution in [1.29, 1.82) is 0 Å². The topological polar surface area (TPSA) is 115 Å². The third-order valence-electron chi connectivity index (χ3n) is 2.24. The summed E-state index contributed by atoms with van der Waals surface area (Å²) in [4.78, 5) is 9.91. The van der Waals surface area contributed by atoms with E-state index in [0.717, 1.165) is 0 Å². The van der Waals surface area contributed by atoms with Gasteiger partial charge in [0.2, 0.25) is 10.0 Å². The summed E-state index contributed by atoms with van der Waals surface area (Å²) in [6.07, 6.45) is 0. The zero-order chi connectivity index (χ0) is 13.8. The fourth-order valence-corrected chi connectivity index (χ4v) is 2.75. The number of sulfonamides is 1. The van der Waals surface area contributed by atoms with Crippen molar-refractivity contribution in [1.82, 2.24) is 4.72 Å². The van der Waals surface area contributed by atoms with Gasteiger partial charge in [-0.15, -0.1) is 0 Å². The van der Waals surface area contributed by atoms with E-state index in [1.54, 1.807) is 6.92 Å². The molecule has 0 aliphatic heterocycles. The number of hydrogen-bond donors (Lipinski definition) is 2. The van der Waals surface area contributed by atoms with Gasteiger partial charge in [-0.05, 0) is 12.5 Å². The van der Waals surface area contributed by atoms with Crippen LogP contribution in [0.15, 0.2) is 24.3 Å². The van der Waals surface area contributed by atoms with Crippen molar-refractivity contribution in [2.45, 2.75) is 18.7 Å². The summed E-state index contributed by atoms with van der Waals surface area (Å²) in [5, 5.41) is 10.4. The lowest BCUT2D eigenvalue weighted by molar-refractivity contribution is -0.384. The monoisotopic (exact) mass is 273 g/mol. The van der Waals surface area contributed by atoms with E-state index >= 15 is 0 Å². The smallest absolute Gasteiger partial charge is 0.269 e. The van der Waals surface area contributed by atoms with Crippen LogP contribution in [0.1, 0.15) is 12.5 Å². The Labute approximate surface area is 105 Å². The SMILES string of the molecule is C[C@@H](CN)NS(=O)(=O)Cc1ccc([N+](=O)[O-])cc1. The molecule has 0 fully saturated rings. The Balaban J connectivity index is 2.75. The number of nitro benzene ring substituents is 1. The van der Waals surface area contributed by atoms with E-state index in [-0.39, 0.29) is 24.0 Å². The van der Waals surface area contributed by atoms with Gasteiger partial charge in [-0.25, -0.2) is 13.1 Å². The molecule has 7 nitrogen and oxygen atoms in total. The number of rotatable bonds is 6. The van der Waals surface area contributed by atoms with Gasteiger partial charge in [0.05, 0.1) is 10.7 Å². The molecular weight excluding hydrogens is 258 g/mol. The van der Waals surface area contributed by atoms with E-state index in [9.17, 15) is 18.5 Å². The molecule has 1 atom stereocenters. The molecule has 3 N–H and O–H groups in total. The maximum absolute atomic E-state index is 11.7. The Hall–Kier alpha value is -1.51. The van der Waals surface area contributed by atoms with Crippen LogP contribution in [0.5, 0.6) is 0 Å². The van der Waals surface area contributed by atoms with Crippen LogP contribution in [0.25, 0.3) is 0 Å². The molecule has 0 amide bonds. The Bertz CT molecular complexity index is 512. The second-order valence-corrected chi connectivity index (χ2v) is 5.69. The van der Waals surface area contributed by atoms with E-state index in [1.807, 2.05) is 0 Å². The van der Waals surface area contributed by atoms with Crippen LogP contribution in [-0.2, 0) is 15.8 Å². The Morgan fingerprint density at radius 2 is 1.94 bits per heavy atom. The summed E-state index contributed by atoms with van der Waals surface area (Å²) in [5.41, 5.74) is 5.74. The molecule has 0 bridgehead atoms. The number of hydrogen-bond acceptors (Lipinski definition) is 5. The summed E-state index contributed by atoms with van der Waals surface area (Å²) in [6, 6.07) is 5.05. The molecule has 0 aliphatic rings. The van der Waals surface area contributed by atoms with Crippen molar-refractivity contribution < 1.29 is 13.3 Å². The second kappa shape index (κ2) is 5.89. The minimum Gasteiger partial charge on any atom is -0.329 e. The number of nitro groups is 1. The molecule has 1 aromatic rings. The molecule has 0 radical (unpaired) electrons. The summed E-state index contributed by atoms with van der Waals surface area (Å²) < 4.78 is 25.8. The van der Waals surface area contributed by atoms with Crippen LogP contribution < -0.4 is 10.5 Å². The molecule has 100 valence electrons. The predicted molar refractivity (Wildman–Crippen MR) is 67.4 cm³/mol. The normalized spacial score (nSPS) is 13.2. The van der Waals surface area contributed by atoms with Gasteiger partial charge < -0.3 is 5.73 Å². The quantitative estimate of drug-likeness (QED) is 0.573. The average molecular weight is 273 g/mol. The molecular formula is C10H15N3O4S. The fraction of sp³-hybridized carbons (Fsp3) is 0.400. The van der Waals surface area contributed by atoms with Crippen LogP contribution in [0.3, 0.4) is 0 Å². The first kappa shape index (κ1) is 14.6. The van der Waals surface area contributed by atoms with Gasteiger partial charge in [0.25, 0.3) is 5.69 Å². The first-order valence-electron chi connectivity index (χ1n) is 5.27. The van der Waals surface area contributed by atoms with Crippen LogP contribution in [0.2, 0.25) is 0 Å². The van der Waals surface area contributed by atoms with Gasteiger partial charge >= 0.3 is 0 Å². The third kappa shape index (κ3) is 4.40. The van der Waals surface area contributed by atoms with Gasteiger partial charge in [-0.1, -0.05) is 12.1 Å². The van der Waals surface area contributed by atoms with Crippen molar-refractivity contribution in [3.05, 3.63) is 39.9 Å². The molecule has 0 aliphatic carbocycles. The van der Waals surface area contributed by atoms with E-state index in [2.05, 4.69) is 4.72 Å². The Morgan fingerprint density at radius 3 is 2.39 bits per heavy atom. The maximum atomic E-state index is 11.7. The van der Waals surface area contributed by atoms with Gasteiger partial charge in [-0.2, -0.15) is 0 Å². The Morgan fingerprint density at radius 1 is 1.39 bits per heavy atom. The van der Waals surface area contributed by atoms with Gasteiger partial charge in [0.15, 0.2) is 0 Å². The first-order chi connectivity index (χ1) is 8.34. The molecule has 0 aromatic heterocycles. The summed E-state index contributed by atoms with van der Waals surface area (Å²) in [7, 11) is -3.48. The minimum absolute atomic E-state index is 0.0700. The predicted octanol–water partition coefficient (Wildman–Crippen LogP) is 0.361. The van der Waals surface area contributed by atoms with Crippen LogP contribution in [0, 0.1) is 10.1 Å². The summed E-state index contributed by atoms with van der Waals surface area (Å²) >= 11 is 0. The highest BCUT2D eigenvalue weighted by molar-refractivity contribution is 7.88. The van der Waals surface area contributed by atoms with Crippen LogP contribution in [0.4, 0.5) is 5.69 Å². The molecule has 0 saturated carbocycles. The van der Waals surface area contributed by atoms with Crippen molar-refractivity contribution in [2.24, 2.45) is 5.73 Å². The van der Waals surface area contributed by atoms with Crippen molar-refractivity contribution >= 4 is 15.7 Å². The maximum Gasteiger partial charge on any atom is 0.269 e. The first-order valence-corrected chi connectivity index (χ1v) is 6.92. The van der Waals surface area contributed by atoms with E-state index < -0.39 is 14.9 Å². The van der Waals surface area contributed by atoms with Crippen molar-refractivity contribution in [3.8, 4) is 0 Å². The molecule has 8 heteroatoms. The molecule has 0 spiro atoms. The zero-order valence-electron chi connectivity index (χ0n) is 9.87. The highest BCUT2D eigenvalue weighted by Crippen LogP contribution is 2.13. The Kier molecular flexibility index (Phi) is 4.76. The zero-order valence-corrected chi connectivity index (χ0v) is 10.7. The number of benzene rings is 1. The minimum atomic E-state index is -3.48. The molecule has 0 saturated heterocycles. The van der Waals surface area contributed by atoms with E-state index in [0.29, 0.717) is 5.56 Å². The lowest BCUT2D eigenvalue weighted by Gasteiger charge is -2.11. The number of non-ortho nitro benzene ring substituents is 1. The van der Waals surface area contributed by atoms with Crippen LogP contribution >= 0.6 is 0 Å². The van der Waals surface area contributed by atoms with Crippen LogP contribution in [-0.4, -0.2) is 25.9 Å². The van der Waals surface area contributed by atoms with Gasteiger partial charge in [0, 0.05) is 24.7 Å². The summed E-state index contributed by atoms with van der Waals surface area (Å²) in [5.74, 6) is -0.227. The van der Waals surface area contributed by atoms with Crippen molar-refractivity contribution in [2.75, 3.05) is 6.54 Å². The van der Waals surface area contributed by atoms with E-state index in [4.69, 9.17) is 5.73 Å². The largest absolute Gasteiger partial charge is 0.329 e. The average Bonchev–Trinajstić information content (AvgIpc) is 2.28. The molecule has 0 unspecified atom stereocenters. The second-order valence-electron chi connectivity index (χ2n) is 3.94. The standard InChI is InChI=1S/C10H15N3O4S/c1-8(6-11)12-18(16,17)7-9-2-4-10(5-3-9)13(14)15/h2-5,8,12H,6-7,11H2,1H3/t8-/m0/s1. The van der Waals surface area contributed by atoms with Gasteiger partial charge in [0.1, 0.15) is 0 Å². The molecule has 18 heavy (non-hydrogen) atoms. The lowest BCUT2D eigenvalue weighted by atomic mass is 10.2. The number of nitrogens with two attached hydrogens (primary N) is 1. The fourth-order valence-electron chi connectivity index (χ4n) is 1.33. The highest BCUT2D eigenvalue weighted by Gasteiger charge is 2.15. The summed E-state index contributed by atoms with van der Waals surface area (Å²) in [6.45, 7) is 1.87. The third-order valence-corrected chi connectivity index (χ3v) is 3.71. The number of nitrogens with zero attached hydrogens (tertiary/aromatic N) is 1.